The van der Waals surface area contributed by atoms with Crippen molar-refractivity contribution >= 4 is 12.6 Å². The van der Waals surface area contributed by atoms with Gasteiger partial charge in [-0.25, -0.2) is 0 Å². The van der Waals surface area contributed by atoms with Crippen LogP contribution in [0.4, 0.5) is 0 Å². The van der Waals surface area contributed by atoms with Gasteiger partial charge in [0.15, 0.2) is 0 Å². The molecule has 1 fully saturated rings. The van der Waals surface area contributed by atoms with Crippen LogP contribution in [0.3, 0.4) is 0 Å². The van der Waals surface area contributed by atoms with Gasteiger partial charge in [0.1, 0.15) is 0 Å². The second-order valence-electron chi connectivity index (χ2n) is 6.99. The van der Waals surface area contributed by atoms with Crippen LogP contribution in [0.15, 0.2) is 0 Å². The molecule has 0 aromatic heterocycles. The highest BCUT2D eigenvalue weighted by Gasteiger charge is 2.28. The highest BCUT2D eigenvalue weighted by molar-refractivity contribution is 7.80. The zero-order valence-electron chi connectivity index (χ0n) is 14.6. The number of hydrogen-bond donors (Lipinski definition) is 2. The predicted molar refractivity (Wildman–Crippen MR) is 98.0 cm³/mol. The zero-order valence-corrected chi connectivity index (χ0v) is 17.1. The van der Waals surface area contributed by atoms with E-state index in [0.29, 0.717) is 0 Å². The highest BCUT2D eigenvalue weighted by atomic mass is 79.9. The molecular weight excluding hydrogens is 356 g/mol. The number of hydrogen-bond acceptors (Lipinski definition) is 2. The summed E-state index contributed by atoms with van der Waals surface area (Å²) in [6.07, 6.45) is 16.9. The first kappa shape index (κ1) is 22.8. The summed E-state index contributed by atoms with van der Waals surface area (Å²) in [5, 5.41) is 0. The number of unbranched alkanes of at least 4 members (excludes halogenated alkanes) is 8. The molecule has 0 aliphatic carbocycles. The fraction of sp³-hybridized carbons (Fsp3) is 1.00. The lowest BCUT2D eigenvalue weighted by atomic mass is 10.0. The fourth-order valence-electron chi connectivity index (χ4n) is 3.78. The summed E-state index contributed by atoms with van der Waals surface area (Å²) >= 11 is 4.49. The van der Waals surface area contributed by atoms with Gasteiger partial charge in [-0.15, -0.1) is 0 Å². The molecule has 0 spiro atoms. The Hall–Kier alpha value is 0.750. The van der Waals surface area contributed by atoms with Crippen LogP contribution in [0.1, 0.15) is 77.0 Å². The van der Waals surface area contributed by atoms with E-state index in [1.54, 1.807) is 0 Å². The molecule has 1 aliphatic heterocycles. The van der Waals surface area contributed by atoms with E-state index >= 15 is 0 Å². The number of piperidine rings is 1. The Morgan fingerprint density at radius 2 is 1.18 bits per heavy atom. The molecule has 2 N–H and O–H groups in total. The summed E-state index contributed by atoms with van der Waals surface area (Å²) in [6.45, 7) is 6.41. The van der Waals surface area contributed by atoms with Gasteiger partial charge >= 0.3 is 0 Å². The number of nitrogens with two attached hydrogens (primary N) is 1. The normalized spacial score (nSPS) is 17.2. The average molecular weight is 395 g/mol. The Morgan fingerprint density at radius 1 is 0.682 bits per heavy atom. The third-order valence-corrected chi connectivity index (χ3v) is 5.38. The highest BCUT2D eigenvalue weighted by Crippen LogP contribution is 2.21. The van der Waals surface area contributed by atoms with Crippen molar-refractivity contribution < 1.29 is 21.5 Å². The second-order valence-corrected chi connectivity index (χ2v) is 7.44. The Morgan fingerprint density at radius 3 is 1.68 bits per heavy atom. The smallest absolute Gasteiger partial charge is 0.0876 e. The minimum Gasteiger partial charge on any atom is -1.00 e. The summed E-state index contributed by atoms with van der Waals surface area (Å²) in [5.41, 5.74) is 5.51. The van der Waals surface area contributed by atoms with E-state index in [1.165, 1.54) is 108 Å². The van der Waals surface area contributed by atoms with E-state index in [4.69, 9.17) is 5.73 Å². The fourth-order valence-corrected chi connectivity index (χ4v) is 4.21. The van der Waals surface area contributed by atoms with E-state index in [0.717, 1.165) is 12.3 Å². The largest absolute Gasteiger partial charge is 1.00 e. The maximum Gasteiger partial charge on any atom is 0.0876 e. The van der Waals surface area contributed by atoms with Crippen LogP contribution in [0.2, 0.25) is 0 Å². The Labute approximate surface area is 155 Å². The molecule has 1 saturated heterocycles. The molecule has 0 unspecified atom stereocenters. The summed E-state index contributed by atoms with van der Waals surface area (Å²) in [6, 6.07) is 0. The van der Waals surface area contributed by atoms with Crippen LogP contribution in [0, 0.1) is 0 Å². The lowest BCUT2D eigenvalue weighted by Gasteiger charge is -2.41. The molecule has 0 saturated carbocycles. The molecule has 0 radical (unpaired) electrons. The maximum atomic E-state index is 5.51. The van der Waals surface area contributed by atoms with Crippen LogP contribution in [-0.2, 0) is 0 Å². The first-order valence-corrected chi connectivity index (χ1v) is 10.1. The van der Waals surface area contributed by atoms with Crippen LogP contribution in [0.25, 0.3) is 0 Å². The third kappa shape index (κ3) is 10.5. The SMILES string of the molecule is NCCCCCCCCCCC[N+]1(CCS)CCCCC1.[Br-]. The molecule has 2 nitrogen and oxygen atoms in total. The van der Waals surface area contributed by atoms with Gasteiger partial charge in [-0.05, 0) is 45.1 Å². The van der Waals surface area contributed by atoms with Gasteiger partial charge in [0.25, 0.3) is 0 Å². The van der Waals surface area contributed by atoms with Crippen molar-refractivity contribution in [1.82, 2.24) is 0 Å². The van der Waals surface area contributed by atoms with Crippen molar-refractivity contribution in [2.75, 3.05) is 38.5 Å². The lowest BCUT2D eigenvalue weighted by molar-refractivity contribution is -0.930. The van der Waals surface area contributed by atoms with Gasteiger partial charge in [-0.3, -0.25) is 0 Å². The van der Waals surface area contributed by atoms with Gasteiger partial charge < -0.3 is 27.2 Å². The number of thiol groups is 1. The van der Waals surface area contributed by atoms with Crippen LogP contribution in [0.5, 0.6) is 0 Å². The summed E-state index contributed by atoms with van der Waals surface area (Å²) in [5.74, 6) is 1.06. The number of nitrogens with zero attached hydrogens (tertiary/aromatic N) is 1. The zero-order chi connectivity index (χ0) is 15.2. The average Bonchev–Trinajstić information content (AvgIpc) is 2.50. The van der Waals surface area contributed by atoms with Crippen molar-refractivity contribution in [3.05, 3.63) is 0 Å². The number of quaternary nitrogens is 1. The summed E-state index contributed by atoms with van der Waals surface area (Å²) < 4.78 is 1.38. The molecule has 1 heterocycles. The summed E-state index contributed by atoms with van der Waals surface area (Å²) in [4.78, 5) is 0. The Balaban J connectivity index is 0.00000441. The third-order valence-electron chi connectivity index (χ3n) is 5.18. The minimum absolute atomic E-state index is 0. The topological polar surface area (TPSA) is 26.0 Å². The number of halogens is 1. The van der Waals surface area contributed by atoms with Crippen molar-refractivity contribution in [3.8, 4) is 0 Å². The van der Waals surface area contributed by atoms with E-state index in [1.807, 2.05) is 0 Å². The van der Waals surface area contributed by atoms with Crippen LogP contribution < -0.4 is 22.7 Å². The van der Waals surface area contributed by atoms with Gasteiger partial charge in [-0.1, -0.05) is 38.5 Å². The van der Waals surface area contributed by atoms with E-state index in [-0.39, 0.29) is 17.0 Å². The minimum atomic E-state index is 0. The monoisotopic (exact) mass is 394 g/mol. The first-order chi connectivity index (χ1) is 10.3. The van der Waals surface area contributed by atoms with Crippen molar-refractivity contribution in [2.24, 2.45) is 5.73 Å². The molecule has 22 heavy (non-hydrogen) atoms. The molecule has 134 valence electrons. The van der Waals surface area contributed by atoms with Crippen molar-refractivity contribution in [1.29, 1.82) is 0 Å². The predicted octanol–water partition coefficient (Wildman–Crippen LogP) is 1.39. The van der Waals surface area contributed by atoms with Crippen molar-refractivity contribution in [3.63, 3.8) is 0 Å². The van der Waals surface area contributed by atoms with Crippen LogP contribution >= 0.6 is 12.6 Å². The molecule has 0 atom stereocenters. The van der Waals surface area contributed by atoms with Gasteiger partial charge in [0, 0.05) is 5.75 Å². The van der Waals surface area contributed by atoms with Gasteiger partial charge in [0.05, 0.1) is 26.2 Å². The van der Waals surface area contributed by atoms with Crippen molar-refractivity contribution in [2.45, 2.75) is 77.0 Å². The molecule has 0 bridgehead atoms. The van der Waals surface area contributed by atoms with E-state index < -0.39 is 0 Å². The van der Waals surface area contributed by atoms with E-state index in [9.17, 15) is 0 Å². The molecule has 0 aromatic rings. The van der Waals surface area contributed by atoms with Gasteiger partial charge in [0.2, 0.25) is 0 Å². The standard InChI is InChI=1S/C18H38N2S.BrH/c19-13-9-6-4-2-1-3-5-7-10-14-20(17-18-21)15-11-8-12-16-20;/h1-19H2;1H. The molecule has 0 aromatic carbocycles. The molecule has 1 aliphatic rings. The Kier molecular flexibility index (Phi) is 15.8. The number of likely N-dealkylation sites (tertiary alicyclic amines) is 1. The summed E-state index contributed by atoms with van der Waals surface area (Å²) in [7, 11) is 0. The molecular formula is C18H39BrN2S. The van der Waals surface area contributed by atoms with Crippen LogP contribution in [-0.4, -0.2) is 43.0 Å². The quantitative estimate of drug-likeness (QED) is 0.275. The maximum absolute atomic E-state index is 5.51. The van der Waals surface area contributed by atoms with E-state index in [2.05, 4.69) is 12.6 Å². The number of rotatable bonds is 13. The Bertz CT molecular complexity index is 228. The first-order valence-electron chi connectivity index (χ1n) is 9.49. The molecule has 4 heteroatoms. The lowest BCUT2D eigenvalue weighted by Crippen LogP contribution is -3.00. The second kappa shape index (κ2) is 15.3. The molecule has 1 rings (SSSR count). The van der Waals surface area contributed by atoms with Gasteiger partial charge in [-0.2, -0.15) is 12.6 Å². The molecule has 0 amide bonds.